The lowest BCUT2D eigenvalue weighted by Gasteiger charge is -2.15. The first kappa shape index (κ1) is 11.2. The van der Waals surface area contributed by atoms with Gasteiger partial charge in [0, 0.05) is 24.2 Å². The van der Waals surface area contributed by atoms with Crippen molar-refractivity contribution >= 4 is 10.9 Å². The lowest BCUT2D eigenvalue weighted by Crippen LogP contribution is -2.06. The second-order valence-corrected chi connectivity index (χ2v) is 4.55. The second kappa shape index (κ2) is 4.30. The van der Waals surface area contributed by atoms with E-state index in [4.69, 9.17) is 4.74 Å². The SMILES string of the molecule is COCc1cc2cccc(C)c2n1C(C)C. The van der Waals surface area contributed by atoms with Crippen molar-refractivity contribution < 1.29 is 4.74 Å². The van der Waals surface area contributed by atoms with Gasteiger partial charge in [-0.1, -0.05) is 18.2 Å². The molecule has 0 spiro atoms. The van der Waals surface area contributed by atoms with Crippen LogP contribution in [0.25, 0.3) is 10.9 Å². The topological polar surface area (TPSA) is 14.2 Å². The number of hydrogen-bond acceptors (Lipinski definition) is 1. The second-order valence-electron chi connectivity index (χ2n) is 4.55. The number of nitrogens with zero attached hydrogens (tertiary/aromatic N) is 1. The summed E-state index contributed by atoms with van der Waals surface area (Å²) < 4.78 is 7.64. The smallest absolute Gasteiger partial charge is 0.0864 e. The molecule has 0 aliphatic carbocycles. The van der Waals surface area contributed by atoms with E-state index in [1.807, 2.05) is 0 Å². The first-order valence-corrected chi connectivity index (χ1v) is 5.73. The number of methoxy groups -OCH3 is 1. The van der Waals surface area contributed by atoms with Crippen molar-refractivity contribution in [2.75, 3.05) is 7.11 Å². The van der Waals surface area contributed by atoms with E-state index < -0.39 is 0 Å². The zero-order valence-corrected chi connectivity index (χ0v) is 10.4. The number of fused-ring (bicyclic) bond motifs is 1. The molecular formula is C14H19NO. The Hall–Kier alpha value is -1.28. The van der Waals surface area contributed by atoms with Gasteiger partial charge in [-0.3, -0.25) is 0 Å². The van der Waals surface area contributed by atoms with Gasteiger partial charge in [0.15, 0.2) is 0 Å². The monoisotopic (exact) mass is 217 g/mol. The summed E-state index contributed by atoms with van der Waals surface area (Å²) in [7, 11) is 1.75. The highest BCUT2D eigenvalue weighted by Crippen LogP contribution is 2.27. The van der Waals surface area contributed by atoms with Crippen molar-refractivity contribution in [2.45, 2.75) is 33.4 Å². The van der Waals surface area contributed by atoms with Gasteiger partial charge in [-0.25, -0.2) is 0 Å². The van der Waals surface area contributed by atoms with Crippen molar-refractivity contribution in [1.29, 1.82) is 0 Å². The van der Waals surface area contributed by atoms with Gasteiger partial charge in [0.2, 0.25) is 0 Å². The zero-order valence-electron chi connectivity index (χ0n) is 10.4. The standard InChI is InChI=1S/C14H19NO/c1-10(2)15-13(9-16-4)8-12-7-5-6-11(3)14(12)15/h5-8,10H,9H2,1-4H3. The molecule has 2 heteroatoms. The summed E-state index contributed by atoms with van der Waals surface area (Å²) in [6.45, 7) is 7.26. The van der Waals surface area contributed by atoms with E-state index in [1.54, 1.807) is 7.11 Å². The van der Waals surface area contributed by atoms with Crippen molar-refractivity contribution in [3.05, 3.63) is 35.5 Å². The fourth-order valence-electron chi connectivity index (χ4n) is 2.37. The van der Waals surface area contributed by atoms with E-state index in [9.17, 15) is 0 Å². The van der Waals surface area contributed by atoms with Gasteiger partial charge >= 0.3 is 0 Å². The summed E-state index contributed by atoms with van der Waals surface area (Å²) in [5.41, 5.74) is 3.92. The predicted molar refractivity (Wildman–Crippen MR) is 67.8 cm³/mol. The number of ether oxygens (including phenoxy) is 1. The third kappa shape index (κ3) is 1.74. The van der Waals surface area contributed by atoms with Gasteiger partial charge in [-0.2, -0.15) is 0 Å². The maximum absolute atomic E-state index is 5.27. The molecule has 0 bridgehead atoms. The largest absolute Gasteiger partial charge is 0.378 e. The van der Waals surface area contributed by atoms with Crippen molar-refractivity contribution in [1.82, 2.24) is 4.57 Å². The molecule has 1 aromatic heterocycles. The Morgan fingerprint density at radius 1 is 1.31 bits per heavy atom. The first-order chi connectivity index (χ1) is 7.65. The summed E-state index contributed by atoms with van der Waals surface area (Å²) in [5, 5.41) is 1.31. The molecule has 0 fully saturated rings. The van der Waals surface area contributed by atoms with Crippen LogP contribution in [0.3, 0.4) is 0 Å². The van der Waals surface area contributed by atoms with Gasteiger partial charge in [0.1, 0.15) is 0 Å². The van der Waals surface area contributed by atoms with E-state index >= 15 is 0 Å². The molecule has 2 rings (SSSR count). The molecule has 0 aliphatic heterocycles. The highest BCUT2D eigenvalue weighted by atomic mass is 16.5. The average Bonchev–Trinajstić information content (AvgIpc) is 2.58. The van der Waals surface area contributed by atoms with E-state index in [2.05, 4.69) is 49.6 Å². The van der Waals surface area contributed by atoms with Crippen molar-refractivity contribution in [3.8, 4) is 0 Å². The molecule has 2 aromatic rings. The highest BCUT2D eigenvalue weighted by molar-refractivity contribution is 5.84. The number of hydrogen-bond donors (Lipinski definition) is 0. The Kier molecular flexibility index (Phi) is 3.01. The normalized spacial score (nSPS) is 11.6. The van der Waals surface area contributed by atoms with Crippen LogP contribution >= 0.6 is 0 Å². The first-order valence-electron chi connectivity index (χ1n) is 5.73. The minimum atomic E-state index is 0.462. The third-order valence-electron chi connectivity index (χ3n) is 2.95. The van der Waals surface area contributed by atoms with Gasteiger partial charge in [-0.05, 0) is 32.4 Å². The Labute approximate surface area is 96.8 Å². The Bertz CT molecular complexity index is 497. The maximum Gasteiger partial charge on any atom is 0.0864 e. The van der Waals surface area contributed by atoms with E-state index in [-0.39, 0.29) is 0 Å². The fourth-order valence-corrected chi connectivity index (χ4v) is 2.37. The lowest BCUT2D eigenvalue weighted by atomic mass is 10.1. The molecule has 0 saturated carbocycles. The molecule has 0 amide bonds. The molecule has 86 valence electrons. The minimum Gasteiger partial charge on any atom is -0.378 e. The maximum atomic E-state index is 5.27. The summed E-state index contributed by atoms with van der Waals surface area (Å²) in [4.78, 5) is 0. The number of aromatic nitrogens is 1. The quantitative estimate of drug-likeness (QED) is 0.765. The summed E-state index contributed by atoms with van der Waals surface area (Å²) >= 11 is 0. The van der Waals surface area contributed by atoms with Crippen LogP contribution in [-0.4, -0.2) is 11.7 Å². The number of para-hydroxylation sites is 1. The molecule has 0 N–H and O–H groups in total. The summed E-state index contributed by atoms with van der Waals surface area (Å²) in [5.74, 6) is 0. The van der Waals surface area contributed by atoms with Gasteiger partial charge in [0.25, 0.3) is 0 Å². The summed E-state index contributed by atoms with van der Waals surface area (Å²) in [6.07, 6.45) is 0. The molecule has 0 atom stereocenters. The molecule has 1 aromatic carbocycles. The van der Waals surface area contributed by atoms with Crippen molar-refractivity contribution in [3.63, 3.8) is 0 Å². The third-order valence-corrected chi connectivity index (χ3v) is 2.95. The molecule has 0 unspecified atom stereocenters. The van der Waals surface area contributed by atoms with Crippen molar-refractivity contribution in [2.24, 2.45) is 0 Å². The average molecular weight is 217 g/mol. The van der Waals surface area contributed by atoms with Crippen LogP contribution in [0.2, 0.25) is 0 Å². The van der Waals surface area contributed by atoms with E-state index in [1.165, 1.54) is 22.2 Å². The summed E-state index contributed by atoms with van der Waals surface area (Å²) in [6, 6.07) is 9.13. The highest BCUT2D eigenvalue weighted by Gasteiger charge is 2.12. The molecule has 0 saturated heterocycles. The fraction of sp³-hybridized carbons (Fsp3) is 0.429. The van der Waals surface area contributed by atoms with Gasteiger partial charge < -0.3 is 9.30 Å². The Morgan fingerprint density at radius 3 is 2.69 bits per heavy atom. The van der Waals surface area contributed by atoms with Crippen LogP contribution in [-0.2, 0) is 11.3 Å². The predicted octanol–water partition coefficient (Wildman–Crippen LogP) is 3.68. The number of aryl methyl sites for hydroxylation is 1. The lowest BCUT2D eigenvalue weighted by molar-refractivity contribution is 0.177. The van der Waals surface area contributed by atoms with Gasteiger partial charge in [0.05, 0.1) is 12.1 Å². The number of rotatable bonds is 3. The molecule has 0 aliphatic rings. The zero-order chi connectivity index (χ0) is 11.7. The Balaban J connectivity index is 2.72. The molecule has 0 radical (unpaired) electrons. The molecular weight excluding hydrogens is 198 g/mol. The van der Waals surface area contributed by atoms with E-state index in [0.29, 0.717) is 12.6 Å². The van der Waals surface area contributed by atoms with Gasteiger partial charge in [-0.15, -0.1) is 0 Å². The van der Waals surface area contributed by atoms with Crippen LogP contribution in [0.1, 0.15) is 31.1 Å². The minimum absolute atomic E-state index is 0.462. The van der Waals surface area contributed by atoms with Crippen LogP contribution in [0.5, 0.6) is 0 Å². The Morgan fingerprint density at radius 2 is 2.06 bits per heavy atom. The molecule has 16 heavy (non-hydrogen) atoms. The van der Waals surface area contributed by atoms with E-state index in [0.717, 1.165) is 0 Å². The molecule has 2 nitrogen and oxygen atoms in total. The van der Waals surface area contributed by atoms with Crippen LogP contribution < -0.4 is 0 Å². The van der Waals surface area contributed by atoms with Crippen LogP contribution in [0, 0.1) is 6.92 Å². The van der Waals surface area contributed by atoms with Crippen LogP contribution in [0.15, 0.2) is 24.3 Å². The number of benzene rings is 1. The molecule has 1 heterocycles. The van der Waals surface area contributed by atoms with Crippen LogP contribution in [0.4, 0.5) is 0 Å².